The molecule has 0 aliphatic rings. The van der Waals surface area contributed by atoms with Crippen LogP contribution < -0.4 is 33.2 Å². The Morgan fingerprint density at radius 1 is 0.949 bits per heavy atom. The summed E-state index contributed by atoms with van der Waals surface area (Å²) >= 11 is 0. The number of aromatic amines is 1. The first kappa shape index (κ1) is 30.2. The van der Waals surface area contributed by atoms with Gasteiger partial charge in [0.25, 0.3) is 11.9 Å². The molecule has 0 bridgehead atoms. The number of amides is 4. The first-order chi connectivity index (χ1) is 18.6. The number of aromatic nitrogens is 1. The number of urea groups is 1. The molecule has 39 heavy (non-hydrogen) atoms. The minimum Gasteiger partial charge on any atom is -0.481 e. The normalized spacial score (nSPS) is 10.9. The highest BCUT2D eigenvalue weighted by Gasteiger charge is 2.22. The zero-order valence-electron chi connectivity index (χ0n) is 21.6. The summed E-state index contributed by atoms with van der Waals surface area (Å²) in [5, 5.41) is 16.4. The predicted octanol–water partition coefficient (Wildman–Crippen LogP) is 0.896. The second kappa shape index (κ2) is 15.2. The average molecular weight is 539 g/mol. The van der Waals surface area contributed by atoms with Gasteiger partial charge < -0.3 is 43.2 Å². The number of para-hydroxylation sites is 1. The fraction of sp³-hybridized carbons (Fsp3) is 0.269. The molecule has 0 unspecified atom stereocenters. The number of guanidine groups is 1. The van der Waals surface area contributed by atoms with Crippen LogP contribution in [0.3, 0.4) is 0 Å². The highest BCUT2D eigenvalue weighted by Crippen LogP contribution is 2.18. The molecule has 1 aromatic heterocycles. The van der Waals surface area contributed by atoms with Crippen molar-refractivity contribution in [2.45, 2.75) is 38.9 Å². The molecule has 11 N–H and O–H groups in total. The highest BCUT2D eigenvalue weighted by atomic mass is 16.4. The van der Waals surface area contributed by atoms with Gasteiger partial charge in [0.05, 0.1) is 5.56 Å². The summed E-state index contributed by atoms with van der Waals surface area (Å²) in [6.07, 6.45) is 2.49. The lowest BCUT2D eigenvalue weighted by Gasteiger charge is -2.18. The van der Waals surface area contributed by atoms with Gasteiger partial charge in [0.15, 0.2) is 5.96 Å². The Balaban J connectivity index is 0.00000124. The average Bonchev–Trinajstić information content (AvgIpc) is 3.32. The molecular weight excluding hydrogens is 504 g/mol. The Bertz CT molecular complexity index is 1300. The lowest BCUT2D eigenvalue weighted by atomic mass is 10.1. The Kier molecular flexibility index (Phi) is 11.8. The van der Waals surface area contributed by atoms with Crippen LogP contribution in [0.4, 0.5) is 4.79 Å². The molecule has 0 saturated heterocycles. The molecule has 1 atom stereocenters. The van der Waals surface area contributed by atoms with E-state index in [4.69, 9.17) is 27.1 Å². The van der Waals surface area contributed by atoms with E-state index in [9.17, 15) is 14.4 Å². The van der Waals surface area contributed by atoms with E-state index in [0.29, 0.717) is 31.5 Å². The van der Waals surface area contributed by atoms with Crippen LogP contribution in [0.5, 0.6) is 0 Å². The van der Waals surface area contributed by atoms with Gasteiger partial charge >= 0.3 is 6.03 Å². The molecule has 3 rings (SSSR count). The zero-order chi connectivity index (χ0) is 28.8. The van der Waals surface area contributed by atoms with Crippen molar-refractivity contribution in [1.29, 1.82) is 0 Å². The van der Waals surface area contributed by atoms with Crippen molar-refractivity contribution >= 4 is 40.7 Å². The molecule has 0 saturated carbocycles. The van der Waals surface area contributed by atoms with Crippen LogP contribution in [-0.2, 0) is 22.7 Å². The van der Waals surface area contributed by atoms with E-state index in [-0.39, 0.29) is 24.3 Å². The van der Waals surface area contributed by atoms with Crippen molar-refractivity contribution in [1.82, 2.24) is 20.9 Å². The monoisotopic (exact) mass is 538 g/mol. The lowest BCUT2D eigenvalue weighted by molar-refractivity contribution is -0.134. The van der Waals surface area contributed by atoms with E-state index in [0.717, 1.165) is 29.0 Å². The van der Waals surface area contributed by atoms with Gasteiger partial charge in [0.2, 0.25) is 5.91 Å². The number of rotatable bonds is 11. The Hall–Kier alpha value is -5.07. The highest BCUT2D eigenvalue weighted by molar-refractivity contribution is 6.07. The Morgan fingerprint density at radius 2 is 1.54 bits per heavy atom. The van der Waals surface area contributed by atoms with Crippen molar-refractivity contribution in [2.75, 3.05) is 6.54 Å². The second-order valence-electron chi connectivity index (χ2n) is 8.49. The van der Waals surface area contributed by atoms with Crippen LogP contribution in [-0.4, -0.2) is 52.5 Å². The number of carbonyl (C=O) groups excluding carboxylic acids is 3. The number of H-pyrrole nitrogens is 1. The summed E-state index contributed by atoms with van der Waals surface area (Å²) in [6, 6.07) is 13.4. The van der Waals surface area contributed by atoms with Crippen molar-refractivity contribution in [3.8, 4) is 0 Å². The maximum atomic E-state index is 13.0. The number of nitrogens with two attached hydrogens (primary N) is 3. The molecule has 13 nitrogen and oxygen atoms in total. The summed E-state index contributed by atoms with van der Waals surface area (Å²) < 4.78 is 0. The third-order valence-electron chi connectivity index (χ3n) is 5.36. The standard InChI is InChI=1S/C24H30N8O3.C2H4O2/c25-23(26)28-11-3-6-20(32-21(33)18-14-29-19-5-2-1-4-17(18)19)22(34)30-12-15-7-9-16(10-8-15)13-31-24(27)35;1-2(3)4/h1-2,4-5,7-10,14,20,29H,3,6,11-13H2,(H,30,34)(H,32,33)(H4,25,26,28)(H3,27,31,35);1H3,(H,3,4)/t20-;/m1./s1. The van der Waals surface area contributed by atoms with Gasteiger partial charge in [-0.05, 0) is 30.0 Å². The molecule has 3 aromatic rings. The van der Waals surface area contributed by atoms with Crippen LogP contribution in [0.15, 0.2) is 59.7 Å². The van der Waals surface area contributed by atoms with Crippen LogP contribution in [0.1, 0.15) is 41.3 Å². The van der Waals surface area contributed by atoms with E-state index in [1.54, 1.807) is 6.20 Å². The molecule has 208 valence electrons. The summed E-state index contributed by atoms with van der Waals surface area (Å²) in [6.45, 7) is 2.02. The summed E-state index contributed by atoms with van der Waals surface area (Å²) in [5.74, 6) is -1.53. The lowest BCUT2D eigenvalue weighted by Crippen LogP contribution is -2.46. The maximum Gasteiger partial charge on any atom is 0.312 e. The number of nitrogens with one attached hydrogen (secondary N) is 4. The topological polar surface area (TPSA) is 231 Å². The van der Waals surface area contributed by atoms with E-state index in [2.05, 4.69) is 25.9 Å². The number of aliphatic imine (C=N–C) groups is 1. The van der Waals surface area contributed by atoms with Crippen molar-refractivity contribution in [2.24, 2.45) is 22.2 Å². The number of primary amides is 1. The third-order valence-corrected chi connectivity index (χ3v) is 5.36. The molecular formula is C26H34N8O5. The number of nitrogens with zero attached hydrogens (tertiary/aromatic N) is 1. The number of hydrogen-bond acceptors (Lipinski definition) is 5. The number of carbonyl (C=O) groups is 4. The molecule has 0 radical (unpaired) electrons. The van der Waals surface area contributed by atoms with Gasteiger partial charge in [0, 0.05) is 43.7 Å². The number of carboxylic acids is 1. The fourth-order valence-electron chi connectivity index (χ4n) is 3.54. The number of fused-ring (bicyclic) bond motifs is 1. The predicted molar refractivity (Wildman–Crippen MR) is 147 cm³/mol. The summed E-state index contributed by atoms with van der Waals surface area (Å²) in [5.41, 5.74) is 18.9. The molecule has 2 aromatic carbocycles. The second-order valence-corrected chi connectivity index (χ2v) is 8.49. The first-order valence-corrected chi connectivity index (χ1v) is 12.1. The molecule has 4 amide bonds. The third kappa shape index (κ3) is 10.8. The molecule has 0 fully saturated rings. The zero-order valence-corrected chi connectivity index (χ0v) is 21.6. The molecule has 13 heteroatoms. The first-order valence-electron chi connectivity index (χ1n) is 12.1. The summed E-state index contributed by atoms with van der Waals surface area (Å²) in [7, 11) is 0. The maximum absolute atomic E-state index is 13.0. The van der Waals surface area contributed by atoms with Gasteiger partial charge in [0.1, 0.15) is 6.04 Å². The van der Waals surface area contributed by atoms with Gasteiger partial charge in [-0.15, -0.1) is 0 Å². The number of benzene rings is 2. The SMILES string of the molecule is CC(=O)O.NC(=O)NCc1ccc(CNC(=O)[C@@H](CCCN=C(N)N)NC(=O)c2c[nH]c3ccccc23)cc1. The molecule has 0 spiro atoms. The van der Waals surface area contributed by atoms with Gasteiger partial charge in [-0.1, -0.05) is 42.5 Å². The van der Waals surface area contributed by atoms with E-state index in [1.165, 1.54) is 0 Å². The van der Waals surface area contributed by atoms with Crippen LogP contribution >= 0.6 is 0 Å². The Labute approximate surface area is 225 Å². The summed E-state index contributed by atoms with van der Waals surface area (Å²) in [4.78, 5) is 52.8. The van der Waals surface area contributed by atoms with E-state index >= 15 is 0 Å². The van der Waals surface area contributed by atoms with Crippen LogP contribution in [0, 0.1) is 0 Å². The molecule has 0 aliphatic heterocycles. The van der Waals surface area contributed by atoms with Gasteiger partial charge in [-0.3, -0.25) is 19.4 Å². The molecule has 1 heterocycles. The minimum atomic E-state index is -0.833. The smallest absolute Gasteiger partial charge is 0.312 e. The number of hydrogen-bond donors (Lipinski definition) is 8. The quantitative estimate of drug-likeness (QED) is 0.0997. The van der Waals surface area contributed by atoms with Crippen LogP contribution in [0.25, 0.3) is 10.9 Å². The van der Waals surface area contributed by atoms with E-state index in [1.807, 2.05) is 48.5 Å². The van der Waals surface area contributed by atoms with Crippen molar-refractivity contribution in [3.05, 3.63) is 71.4 Å². The van der Waals surface area contributed by atoms with Gasteiger partial charge in [-0.2, -0.15) is 0 Å². The minimum absolute atomic E-state index is 0.0247. The fourth-order valence-corrected chi connectivity index (χ4v) is 3.54. The van der Waals surface area contributed by atoms with Crippen molar-refractivity contribution < 1.29 is 24.3 Å². The van der Waals surface area contributed by atoms with Crippen LogP contribution in [0.2, 0.25) is 0 Å². The number of carboxylic acid groups (broad SMARTS) is 1. The number of aliphatic carboxylic acids is 1. The largest absolute Gasteiger partial charge is 0.481 e. The van der Waals surface area contributed by atoms with Crippen molar-refractivity contribution in [3.63, 3.8) is 0 Å². The van der Waals surface area contributed by atoms with E-state index < -0.39 is 18.0 Å². The molecule has 0 aliphatic carbocycles. The van der Waals surface area contributed by atoms with Gasteiger partial charge in [-0.25, -0.2) is 4.79 Å². The Morgan fingerprint density at radius 3 is 2.13 bits per heavy atom.